The molecule has 220 valence electrons. The minimum atomic E-state index is -0.291. The third-order valence-electron chi connectivity index (χ3n) is 7.45. The Kier molecular flexibility index (Phi) is 9.27. The highest BCUT2D eigenvalue weighted by molar-refractivity contribution is 6.30. The van der Waals surface area contributed by atoms with Crippen molar-refractivity contribution in [1.82, 2.24) is 9.80 Å². The molecule has 4 aromatic rings. The van der Waals surface area contributed by atoms with Gasteiger partial charge in [0, 0.05) is 67.3 Å². The van der Waals surface area contributed by atoms with Gasteiger partial charge in [0.15, 0.2) is 0 Å². The number of halogens is 1. The average Bonchev–Trinajstić information content (AvgIpc) is 3.05. The number of benzene rings is 4. The van der Waals surface area contributed by atoms with Crippen LogP contribution in [0.25, 0.3) is 0 Å². The van der Waals surface area contributed by atoms with Gasteiger partial charge >= 0.3 is 0 Å². The summed E-state index contributed by atoms with van der Waals surface area (Å²) in [6.07, 6.45) is 0. The average molecular weight is 597 g/mol. The number of nitrogens with one attached hydrogen (secondary N) is 1. The molecule has 0 spiro atoms. The number of anilines is 2. The molecule has 0 aliphatic carbocycles. The molecule has 1 aliphatic rings. The molecule has 1 aliphatic heterocycles. The van der Waals surface area contributed by atoms with E-state index < -0.39 is 0 Å². The molecule has 4 aromatic carbocycles. The van der Waals surface area contributed by atoms with E-state index in [4.69, 9.17) is 16.3 Å². The summed E-state index contributed by atoms with van der Waals surface area (Å²) >= 11 is 5.99. The third-order valence-corrected chi connectivity index (χ3v) is 7.70. The second-order valence-corrected chi connectivity index (χ2v) is 10.8. The van der Waals surface area contributed by atoms with E-state index in [-0.39, 0.29) is 17.7 Å². The molecule has 0 atom stereocenters. The number of hydrogen-bond donors (Lipinski definition) is 1. The summed E-state index contributed by atoms with van der Waals surface area (Å²) in [5.41, 5.74) is 3.82. The van der Waals surface area contributed by atoms with Gasteiger partial charge in [-0.05, 0) is 72.3 Å². The molecular weight excluding hydrogens is 564 g/mol. The van der Waals surface area contributed by atoms with Gasteiger partial charge in [-0.1, -0.05) is 41.9 Å². The maximum atomic E-state index is 13.9. The van der Waals surface area contributed by atoms with Crippen LogP contribution in [0.15, 0.2) is 97.1 Å². The first-order valence-electron chi connectivity index (χ1n) is 14.0. The smallest absolute Gasteiger partial charge is 0.256 e. The summed E-state index contributed by atoms with van der Waals surface area (Å²) in [6.45, 7) is 2.56. The highest BCUT2D eigenvalue weighted by Crippen LogP contribution is 2.28. The normalized spacial score (nSPS) is 12.9. The number of hydrogen-bond acceptors (Lipinski definition) is 5. The molecule has 0 saturated carbocycles. The molecule has 0 radical (unpaired) electrons. The number of nitrogens with zero attached hydrogens (tertiary/aromatic N) is 3. The minimum absolute atomic E-state index is 0.0493. The summed E-state index contributed by atoms with van der Waals surface area (Å²) < 4.78 is 5.19. The fourth-order valence-electron chi connectivity index (χ4n) is 5.07. The molecular formula is C34H33ClN4O4. The Bertz CT molecular complexity index is 1590. The molecule has 9 heteroatoms. The van der Waals surface area contributed by atoms with E-state index in [2.05, 4.69) is 10.2 Å². The zero-order valence-electron chi connectivity index (χ0n) is 24.1. The highest BCUT2D eigenvalue weighted by Gasteiger charge is 2.26. The quantitative estimate of drug-likeness (QED) is 0.277. The molecule has 8 nitrogen and oxygen atoms in total. The topological polar surface area (TPSA) is 82.2 Å². The molecule has 0 bridgehead atoms. The Morgan fingerprint density at radius 1 is 0.837 bits per heavy atom. The van der Waals surface area contributed by atoms with E-state index in [9.17, 15) is 14.4 Å². The first kappa shape index (κ1) is 29.7. The Balaban J connectivity index is 1.36. The molecule has 43 heavy (non-hydrogen) atoms. The SMILES string of the molecule is COc1ccc(C(=O)Nc2ccc(N3CCN(C(=O)c4ccc(Cl)cc4)CC3)c(C(=O)N(C)Cc3ccccc3)c2)cc1. The van der Waals surface area contributed by atoms with Crippen molar-refractivity contribution in [2.75, 3.05) is 50.6 Å². The van der Waals surface area contributed by atoms with Gasteiger partial charge in [0.25, 0.3) is 17.7 Å². The number of carbonyl (C=O) groups excluding carboxylic acids is 3. The lowest BCUT2D eigenvalue weighted by Gasteiger charge is -2.37. The van der Waals surface area contributed by atoms with Crippen LogP contribution >= 0.6 is 11.6 Å². The first-order valence-corrected chi connectivity index (χ1v) is 14.4. The van der Waals surface area contributed by atoms with Crippen molar-refractivity contribution in [2.24, 2.45) is 0 Å². The summed E-state index contributed by atoms with van der Waals surface area (Å²) in [7, 11) is 3.34. The number of ether oxygens (including phenoxy) is 1. The first-order chi connectivity index (χ1) is 20.8. The lowest BCUT2D eigenvalue weighted by atomic mass is 10.1. The van der Waals surface area contributed by atoms with Gasteiger partial charge in [0.1, 0.15) is 5.75 Å². The standard InChI is InChI=1S/C34H33ClN4O4/c1-37(23-24-6-4-3-5-7-24)34(42)30-22-28(36-32(40)25-10-15-29(43-2)16-11-25)14-17-31(30)38-18-20-39(21-19-38)33(41)26-8-12-27(35)13-9-26/h3-17,22H,18-21,23H2,1-2H3,(H,36,40). The van der Waals surface area contributed by atoms with E-state index in [1.807, 2.05) is 41.3 Å². The zero-order chi connectivity index (χ0) is 30.3. The fourth-order valence-corrected chi connectivity index (χ4v) is 5.19. The summed E-state index contributed by atoms with van der Waals surface area (Å²) in [5, 5.41) is 3.51. The van der Waals surface area contributed by atoms with Crippen molar-refractivity contribution in [1.29, 1.82) is 0 Å². The van der Waals surface area contributed by atoms with Crippen molar-refractivity contribution >= 4 is 40.7 Å². The lowest BCUT2D eigenvalue weighted by molar-refractivity contribution is 0.0742. The highest BCUT2D eigenvalue weighted by atomic mass is 35.5. The number of carbonyl (C=O) groups is 3. The van der Waals surface area contributed by atoms with E-state index in [1.54, 1.807) is 79.7 Å². The number of rotatable bonds is 8. The lowest BCUT2D eigenvalue weighted by Crippen LogP contribution is -2.49. The molecule has 1 saturated heterocycles. The van der Waals surface area contributed by atoms with Crippen LogP contribution in [-0.2, 0) is 6.54 Å². The van der Waals surface area contributed by atoms with Crippen molar-refractivity contribution in [3.8, 4) is 5.75 Å². The van der Waals surface area contributed by atoms with Crippen molar-refractivity contribution < 1.29 is 19.1 Å². The Hall–Kier alpha value is -4.82. The van der Waals surface area contributed by atoms with Gasteiger partial charge in [0.05, 0.1) is 12.7 Å². The Labute approximate surface area is 256 Å². The van der Waals surface area contributed by atoms with Crippen molar-refractivity contribution in [3.05, 3.63) is 124 Å². The summed E-state index contributed by atoms with van der Waals surface area (Å²) in [6, 6.07) is 28.9. The van der Waals surface area contributed by atoms with Crippen LogP contribution < -0.4 is 15.0 Å². The predicted octanol–water partition coefficient (Wildman–Crippen LogP) is 5.84. The van der Waals surface area contributed by atoms with Gasteiger partial charge in [-0.3, -0.25) is 14.4 Å². The molecule has 3 amide bonds. The third kappa shape index (κ3) is 7.16. The maximum Gasteiger partial charge on any atom is 0.256 e. The van der Waals surface area contributed by atoms with E-state index in [0.717, 1.165) is 11.3 Å². The Morgan fingerprint density at radius 3 is 2.14 bits per heavy atom. The molecule has 1 N–H and O–H groups in total. The van der Waals surface area contributed by atoms with Crippen LogP contribution in [0, 0.1) is 0 Å². The van der Waals surface area contributed by atoms with Crippen molar-refractivity contribution in [2.45, 2.75) is 6.54 Å². The number of piperazine rings is 1. The van der Waals surface area contributed by atoms with Gasteiger partial charge in [-0.2, -0.15) is 0 Å². The number of methoxy groups -OCH3 is 1. The van der Waals surface area contributed by atoms with Crippen LogP contribution in [-0.4, -0.2) is 67.9 Å². The van der Waals surface area contributed by atoms with Gasteiger partial charge in [0.2, 0.25) is 0 Å². The van der Waals surface area contributed by atoms with Crippen LogP contribution in [0.5, 0.6) is 5.75 Å². The van der Waals surface area contributed by atoms with E-state index in [1.165, 1.54) is 0 Å². The zero-order valence-corrected chi connectivity index (χ0v) is 24.9. The second kappa shape index (κ2) is 13.4. The number of amides is 3. The van der Waals surface area contributed by atoms with Crippen LogP contribution in [0.4, 0.5) is 11.4 Å². The molecule has 0 unspecified atom stereocenters. The monoisotopic (exact) mass is 596 g/mol. The second-order valence-electron chi connectivity index (χ2n) is 10.3. The van der Waals surface area contributed by atoms with Gasteiger partial charge in [-0.25, -0.2) is 0 Å². The largest absolute Gasteiger partial charge is 0.497 e. The van der Waals surface area contributed by atoms with E-state index >= 15 is 0 Å². The summed E-state index contributed by atoms with van der Waals surface area (Å²) in [4.78, 5) is 45.5. The van der Waals surface area contributed by atoms with Gasteiger partial charge in [-0.15, -0.1) is 0 Å². The van der Waals surface area contributed by atoms with Gasteiger partial charge < -0.3 is 24.8 Å². The van der Waals surface area contributed by atoms with E-state index in [0.29, 0.717) is 65.9 Å². The molecule has 5 rings (SSSR count). The van der Waals surface area contributed by atoms with Crippen LogP contribution in [0.1, 0.15) is 36.6 Å². The fraction of sp³-hybridized carbons (Fsp3) is 0.206. The Morgan fingerprint density at radius 2 is 1.49 bits per heavy atom. The molecule has 1 heterocycles. The molecule has 1 fully saturated rings. The van der Waals surface area contributed by atoms with Crippen LogP contribution in [0.2, 0.25) is 5.02 Å². The predicted molar refractivity (Wildman–Crippen MR) is 169 cm³/mol. The summed E-state index contributed by atoms with van der Waals surface area (Å²) in [5.74, 6) is 0.150. The minimum Gasteiger partial charge on any atom is -0.497 e. The van der Waals surface area contributed by atoms with Crippen LogP contribution in [0.3, 0.4) is 0 Å². The van der Waals surface area contributed by atoms with Crippen molar-refractivity contribution in [3.63, 3.8) is 0 Å². The maximum absolute atomic E-state index is 13.9. The molecule has 0 aromatic heterocycles.